The molecule has 1 aromatic heterocycles. The Morgan fingerprint density at radius 3 is 2.50 bits per heavy atom. The zero-order valence-corrected chi connectivity index (χ0v) is 11.2. The van der Waals surface area contributed by atoms with Gasteiger partial charge in [-0.05, 0) is 12.1 Å². The Balaban J connectivity index is 2.73. The predicted molar refractivity (Wildman–Crippen MR) is 70.6 cm³/mol. The summed E-state index contributed by atoms with van der Waals surface area (Å²) in [6.07, 6.45) is 2.43. The van der Waals surface area contributed by atoms with Crippen molar-refractivity contribution in [3.8, 4) is 11.1 Å². The standard InChI is InChI=1S/C12H7Cl3FNO/c13-6-1-7(12(15)10(14)2-6)8-3-17-4-11(16)9(8)5-18/h1-4,18H,5H2. The predicted octanol–water partition coefficient (Wildman–Crippen LogP) is 4.34. The Bertz CT molecular complexity index is 604. The van der Waals surface area contributed by atoms with Gasteiger partial charge in [-0.1, -0.05) is 34.8 Å². The zero-order valence-electron chi connectivity index (χ0n) is 8.92. The van der Waals surface area contributed by atoms with Gasteiger partial charge < -0.3 is 5.11 Å². The van der Waals surface area contributed by atoms with E-state index in [2.05, 4.69) is 4.98 Å². The number of hydrogen-bond acceptors (Lipinski definition) is 2. The third kappa shape index (κ3) is 2.45. The SMILES string of the molecule is OCc1c(F)cncc1-c1cc(Cl)cc(Cl)c1Cl. The molecule has 0 atom stereocenters. The van der Waals surface area contributed by atoms with Gasteiger partial charge >= 0.3 is 0 Å². The second-order valence-electron chi connectivity index (χ2n) is 3.55. The molecule has 0 fully saturated rings. The molecule has 2 rings (SSSR count). The number of benzene rings is 1. The van der Waals surface area contributed by atoms with Crippen LogP contribution in [0, 0.1) is 5.82 Å². The van der Waals surface area contributed by atoms with E-state index in [4.69, 9.17) is 34.8 Å². The molecule has 1 aromatic carbocycles. The molecule has 2 aromatic rings. The first-order chi connectivity index (χ1) is 8.54. The molecule has 6 heteroatoms. The fourth-order valence-electron chi connectivity index (χ4n) is 1.61. The minimum atomic E-state index is -0.609. The van der Waals surface area contributed by atoms with Crippen LogP contribution in [-0.2, 0) is 6.61 Å². The molecule has 0 spiro atoms. The summed E-state index contributed by atoms with van der Waals surface area (Å²) in [4.78, 5) is 3.74. The lowest BCUT2D eigenvalue weighted by atomic mass is 10.0. The first-order valence-electron chi connectivity index (χ1n) is 4.92. The van der Waals surface area contributed by atoms with E-state index in [-0.39, 0.29) is 15.6 Å². The van der Waals surface area contributed by atoms with Crippen molar-refractivity contribution in [2.24, 2.45) is 0 Å². The molecule has 1 heterocycles. The van der Waals surface area contributed by atoms with Crippen LogP contribution >= 0.6 is 34.8 Å². The number of aliphatic hydroxyl groups excluding tert-OH is 1. The molecule has 1 N–H and O–H groups in total. The Morgan fingerprint density at radius 2 is 1.83 bits per heavy atom. The molecule has 18 heavy (non-hydrogen) atoms. The largest absolute Gasteiger partial charge is 0.392 e. The van der Waals surface area contributed by atoms with E-state index in [0.717, 1.165) is 6.20 Å². The van der Waals surface area contributed by atoms with E-state index in [1.54, 1.807) is 6.07 Å². The van der Waals surface area contributed by atoms with Gasteiger partial charge in [0.2, 0.25) is 0 Å². The fraction of sp³-hybridized carbons (Fsp3) is 0.0833. The van der Waals surface area contributed by atoms with Crippen molar-refractivity contribution in [1.29, 1.82) is 0 Å². The molecular weight excluding hydrogens is 299 g/mol. The summed E-state index contributed by atoms with van der Waals surface area (Å²) in [5, 5.41) is 10.1. The van der Waals surface area contributed by atoms with Crippen LogP contribution in [0.25, 0.3) is 11.1 Å². The monoisotopic (exact) mass is 305 g/mol. The average Bonchev–Trinajstić information content (AvgIpc) is 2.33. The molecule has 0 aliphatic rings. The lowest BCUT2D eigenvalue weighted by Gasteiger charge is -2.11. The molecule has 0 unspecified atom stereocenters. The van der Waals surface area contributed by atoms with Crippen molar-refractivity contribution < 1.29 is 9.50 Å². The Kier molecular flexibility index (Phi) is 4.07. The van der Waals surface area contributed by atoms with Gasteiger partial charge in [0.15, 0.2) is 0 Å². The van der Waals surface area contributed by atoms with E-state index in [9.17, 15) is 9.50 Å². The number of aliphatic hydroxyl groups is 1. The van der Waals surface area contributed by atoms with Crippen LogP contribution in [-0.4, -0.2) is 10.1 Å². The van der Waals surface area contributed by atoms with Crippen LogP contribution in [0.3, 0.4) is 0 Å². The summed E-state index contributed by atoms with van der Waals surface area (Å²) in [7, 11) is 0. The molecule has 2 nitrogen and oxygen atoms in total. The molecule has 0 radical (unpaired) electrons. The lowest BCUT2D eigenvalue weighted by molar-refractivity contribution is 0.276. The molecular formula is C12H7Cl3FNO. The third-order valence-electron chi connectivity index (χ3n) is 2.45. The topological polar surface area (TPSA) is 33.1 Å². The maximum Gasteiger partial charge on any atom is 0.147 e. The maximum atomic E-state index is 13.5. The number of halogens is 4. The van der Waals surface area contributed by atoms with Gasteiger partial charge in [0.1, 0.15) is 5.82 Å². The van der Waals surface area contributed by atoms with Gasteiger partial charge in [-0.25, -0.2) is 4.39 Å². The second-order valence-corrected chi connectivity index (χ2v) is 4.78. The lowest BCUT2D eigenvalue weighted by Crippen LogP contribution is -1.96. The van der Waals surface area contributed by atoms with Crippen molar-refractivity contribution >= 4 is 34.8 Å². The number of pyridine rings is 1. The van der Waals surface area contributed by atoms with Crippen LogP contribution in [0.5, 0.6) is 0 Å². The number of nitrogens with zero attached hydrogens (tertiary/aromatic N) is 1. The van der Waals surface area contributed by atoms with Crippen molar-refractivity contribution in [3.05, 3.63) is 51.0 Å². The van der Waals surface area contributed by atoms with E-state index in [1.807, 2.05) is 0 Å². The summed E-state index contributed by atoms with van der Waals surface area (Å²) < 4.78 is 13.5. The molecule has 0 aliphatic carbocycles. The summed E-state index contributed by atoms with van der Waals surface area (Å²) in [6, 6.07) is 3.03. The summed E-state index contributed by atoms with van der Waals surface area (Å²) in [6.45, 7) is -0.468. The Hall–Kier alpha value is -0.870. The van der Waals surface area contributed by atoms with Gasteiger partial charge in [0, 0.05) is 27.9 Å². The molecule has 0 bridgehead atoms. The minimum absolute atomic E-state index is 0.102. The van der Waals surface area contributed by atoms with Crippen LogP contribution in [0.15, 0.2) is 24.5 Å². The van der Waals surface area contributed by atoms with Gasteiger partial charge in [0.25, 0.3) is 0 Å². The van der Waals surface area contributed by atoms with Gasteiger partial charge in [-0.3, -0.25) is 4.98 Å². The number of aromatic nitrogens is 1. The van der Waals surface area contributed by atoms with Crippen LogP contribution < -0.4 is 0 Å². The average molecular weight is 307 g/mol. The first-order valence-corrected chi connectivity index (χ1v) is 6.06. The van der Waals surface area contributed by atoms with E-state index >= 15 is 0 Å². The Morgan fingerprint density at radius 1 is 1.11 bits per heavy atom. The highest BCUT2D eigenvalue weighted by molar-refractivity contribution is 6.45. The second kappa shape index (κ2) is 5.41. The quantitative estimate of drug-likeness (QED) is 0.837. The number of hydrogen-bond donors (Lipinski definition) is 1. The van der Waals surface area contributed by atoms with E-state index < -0.39 is 12.4 Å². The van der Waals surface area contributed by atoms with Crippen LogP contribution in [0.2, 0.25) is 15.1 Å². The van der Waals surface area contributed by atoms with Crippen molar-refractivity contribution in [2.75, 3.05) is 0 Å². The minimum Gasteiger partial charge on any atom is -0.392 e. The highest BCUT2D eigenvalue weighted by atomic mass is 35.5. The zero-order chi connectivity index (χ0) is 13.3. The van der Waals surface area contributed by atoms with Crippen molar-refractivity contribution in [3.63, 3.8) is 0 Å². The summed E-state index contributed by atoms with van der Waals surface area (Å²) in [5.74, 6) is -0.609. The van der Waals surface area contributed by atoms with Gasteiger partial charge in [-0.2, -0.15) is 0 Å². The van der Waals surface area contributed by atoms with E-state index in [0.29, 0.717) is 16.1 Å². The highest BCUT2D eigenvalue weighted by Crippen LogP contribution is 2.38. The fourth-order valence-corrected chi connectivity index (χ4v) is 2.31. The normalized spacial score (nSPS) is 10.7. The summed E-state index contributed by atoms with van der Waals surface area (Å²) >= 11 is 17.9. The van der Waals surface area contributed by atoms with Crippen LogP contribution in [0.4, 0.5) is 4.39 Å². The molecule has 0 saturated heterocycles. The molecule has 94 valence electrons. The van der Waals surface area contributed by atoms with Crippen molar-refractivity contribution in [1.82, 2.24) is 4.98 Å². The number of rotatable bonds is 2. The maximum absolute atomic E-state index is 13.5. The van der Waals surface area contributed by atoms with E-state index in [1.165, 1.54) is 12.3 Å². The third-order valence-corrected chi connectivity index (χ3v) is 3.47. The Labute approximate surface area is 118 Å². The molecule has 0 saturated carbocycles. The molecule has 0 amide bonds. The van der Waals surface area contributed by atoms with Crippen molar-refractivity contribution in [2.45, 2.75) is 6.61 Å². The van der Waals surface area contributed by atoms with Crippen LogP contribution in [0.1, 0.15) is 5.56 Å². The van der Waals surface area contributed by atoms with Gasteiger partial charge in [0.05, 0.1) is 22.8 Å². The highest BCUT2D eigenvalue weighted by Gasteiger charge is 2.15. The smallest absolute Gasteiger partial charge is 0.147 e. The van der Waals surface area contributed by atoms with Gasteiger partial charge in [-0.15, -0.1) is 0 Å². The molecule has 0 aliphatic heterocycles. The summed E-state index contributed by atoms with van der Waals surface area (Å²) in [5.41, 5.74) is 0.905. The first kappa shape index (κ1) is 13.6.